The van der Waals surface area contributed by atoms with Gasteiger partial charge in [-0.2, -0.15) is 4.39 Å². The summed E-state index contributed by atoms with van der Waals surface area (Å²) in [6, 6.07) is 6.78. The zero-order valence-corrected chi connectivity index (χ0v) is 18.6. The van der Waals surface area contributed by atoms with Crippen molar-refractivity contribution in [1.29, 1.82) is 0 Å². The Balaban J connectivity index is 1.56. The maximum atomic E-state index is 13.4. The second kappa shape index (κ2) is 10.3. The fourth-order valence-corrected chi connectivity index (χ4v) is 4.15. The van der Waals surface area contributed by atoms with Gasteiger partial charge in [0.25, 0.3) is 5.91 Å². The Labute approximate surface area is 189 Å². The first-order valence-corrected chi connectivity index (χ1v) is 11.2. The van der Waals surface area contributed by atoms with E-state index in [4.69, 9.17) is 4.74 Å². The Hall–Kier alpha value is -3.32. The summed E-state index contributed by atoms with van der Waals surface area (Å²) in [5.41, 5.74) is -0.761. The monoisotopic (exact) mass is 479 g/mol. The van der Waals surface area contributed by atoms with Gasteiger partial charge < -0.3 is 14.6 Å². The number of thiophene rings is 1. The summed E-state index contributed by atoms with van der Waals surface area (Å²) in [5, 5.41) is 24.0. The van der Waals surface area contributed by atoms with Crippen molar-refractivity contribution in [1.82, 2.24) is 14.8 Å². The van der Waals surface area contributed by atoms with E-state index in [1.165, 1.54) is 24.3 Å². The highest BCUT2D eigenvalue weighted by molar-refractivity contribution is 7.99. The molecule has 3 aromatic rings. The quantitative estimate of drug-likeness (QED) is 0.213. The van der Waals surface area contributed by atoms with E-state index in [2.05, 4.69) is 15.5 Å². The number of anilines is 1. The number of aromatic nitrogens is 3. The van der Waals surface area contributed by atoms with Crippen LogP contribution >= 0.6 is 23.1 Å². The zero-order chi connectivity index (χ0) is 23.3. The SMILES string of the molecule is CCn1c(SCC(=O)OC(C)C(=O)Nc2ccc(F)c([N+](=O)[O-])c2)nnc1-c1cccs1. The molecule has 1 amide bonds. The number of esters is 1. The van der Waals surface area contributed by atoms with Crippen LogP contribution in [0.15, 0.2) is 40.9 Å². The number of nitro groups is 1. The number of benzene rings is 1. The fraction of sp³-hybridized carbons (Fsp3) is 0.263. The van der Waals surface area contributed by atoms with Gasteiger partial charge in [-0.05, 0) is 37.4 Å². The van der Waals surface area contributed by atoms with Gasteiger partial charge >= 0.3 is 11.7 Å². The third-order valence-corrected chi connectivity index (χ3v) is 5.99. The highest BCUT2D eigenvalue weighted by Crippen LogP contribution is 2.27. The molecule has 0 bridgehead atoms. The van der Waals surface area contributed by atoms with Gasteiger partial charge in [-0.3, -0.25) is 19.7 Å². The lowest BCUT2D eigenvalue weighted by Gasteiger charge is -2.13. The summed E-state index contributed by atoms with van der Waals surface area (Å²) in [5.74, 6) is -1.76. The molecule has 32 heavy (non-hydrogen) atoms. The molecule has 168 valence electrons. The van der Waals surface area contributed by atoms with Crippen molar-refractivity contribution >= 4 is 46.3 Å². The lowest BCUT2D eigenvalue weighted by Crippen LogP contribution is -2.30. The summed E-state index contributed by atoms with van der Waals surface area (Å²) < 4.78 is 20.4. The van der Waals surface area contributed by atoms with E-state index in [1.807, 2.05) is 29.0 Å². The summed E-state index contributed by atoms with van der Waals surface area (Å²) in [4.78, 5) is 35.3. The van der Waals surface area contributed by atoms with Gasteiger partial charge in [0, 0.05) is 18.3 Å². The third-order valence-electron chi connectivity index (χ3n) is 4.18. The highest BCUT2D eigenvalue weighted by Gasteiger charge is 2.21. The molecule has 0 saturated carbocycles. The summed E-state index contributed by atoms with van der Waals surface area (Å²) in [6.07, 6.45) is -1.17. The van der Waals surface area contributed by atoms with Crippen LogP contribution < -0.4 is 5.32 Å². The molecule has 13 heteroatoms. The van der Waals surface area contributed by atoms with E-state index < -0.39 is 34.4 Å². The number of carbonyl (C=O) groups excluding carboxylic acids is 2. The molecular formula is C19H18FN5O5S2. The molecule has 0 spiro atoms. The van der Waals surface area contributed by atoms with Crippen LogP contribution in [0.5, 0.6) is 0 Å². The Morgan fingerprint density at radius 1 is 1.38 bits per heavy atom. The number of rotatable bonds is 9. The first kappa shape index (κ1) is 23.3. The smallest absolute Gasteiger partial charge is 0.317 e. The Morgan fingerprint density at radius 2 is 2.16 bits per heavy atom. The van der Waals surface area contributed by atoms with Crippen molar-refractivity contribution < 1.29 is 23.6 Å². The number of thioether (sulfide) groups is 1. The van der Waals surface area contributed by atoms with Gasteiger partial charge in [0.15, 0.2) is 17.1 Å². The largest absolute Gasteiger partial charge is 0.452 e. The van der Waals surface area contributed by atoms with E-state index in [0.717, 1.165) is 28.8 Å². The van der Waals surface area contributed by atoms with E-state index in [9.17, 15) is 24.1 Å². The molecule has 1 aromatic carbocycles. The van der Waals surface area contributed by atoms with Gasteiger partial charge in [0.2, 0.25) is 5.82 Å². The van der Waals surface area contributed by atoms with Crippen molar-refractivity contribution in [2.45, 2.75) is 31.7 Å². The van der Waals surface area contributed by atoms with Crippen LogP contribution in [0.1, 0.15) is 13.8 Å². The number of hydrogen-bond acceptors (Lipinski definition) is 9. The second-order valence-electron chi connectivity index (χ2n) is 6.36. The Bertz CT molecular complexity index is 1140. The van der Waals surface area contributed by atoms with Gasteiger partial charge in [-0.15, -0.1) is 21.5 Å². The molecule has 2 heterocycles. The molecule has 0 radical (unpaired) electrons. The molecule has 10 nitrogen and oxygen atoms in total. The number of ether oxygens (including phenoxy) is 1. The molecule has 3 rings (SSSR count). The number of nitrogens with one attached hydrogen (secondary N) is 1. The first-order chi connectivity index (χ1) is 15.3. The summed E-state index contributed by atoms with van der Waals surface area (Å²) in [6.45, 7) is 3.91. The Kier molecular flexibility index (Phi) is 7.53. The van der Waals surface area contributed by atoms with Crippen LogP contribution in [-0.4, -0.2) is 43.4 Å². The fourth-order valence-electron chi connectivity index (χ4n) is 2.65. The second-order valence-corrected chi connectivity index (χ2v) is 8.25. The van der Waals surface area contributed by atoms with Crippen LogP contribution in [0, 0.1) is 15.9 Å². The average molecular weight is 480 g/mol. The highest BCUT2D eigenvalue weighted by atomic mass is 32.2. The number of hydrogen-bond donors (Lipinski definition) is 1. The van der Waals surface area contributed by atoms with Gasteiger partial charge in [-0.25, -0.2) is 0 Å². The first-order valence-electron chi connectivity index (χ1n) is 9.34. The number of amides is 1. The zero-order valence-electron chi connectivity index (χ0n) is 17.0. The normalized spacial score (nSPS) is 11.7. The molecule has 0 aliphatic heterocycles. The minimum atomic E-state index is -1.17. The molecule has 0 aliphatic carbocycles. The molecule has 1 unspecified atom stereocenters. The van der Waals surface area contributed by atoms with E-state index in [1.54, 1.807) is 0 Å². The standard InChI is InChI=1S/C19H18FN5O5S2/c1-3-24-17(15-5-4-8-31-15)22-23-19(24)32-10-16(26)30-11(2)18(27)21-12-6-7-13(20)14(9-12)25(28)29/h4-9,11H,3,10H2,1-2H3,(H,21,27). The molecule has 1 N–H and O–H groups in total. The predicted molar refractivity (Wildman–Crippen MR) is 117 cm³/mol. The maximum Gasteiger partial charge on any atom is 0.317 e. The van der Waals surface area contributed by atoms with Crippen LogP contribution in [0.3, 0.4) is 0 Å². The van der Waals surface area contributed by atoms with E-state index in [0.29, 0.717) is 17.5 Å². The van der Waals surface area contributed by atoms with E-state index >= 15 is 0 Å². The lowest BCUT2D eigenvalue weighted by molar-refractivity contribution is -0.387. The average Bonchev–Trinajstić information content (AvgIpc) is 3.42. The predicted octanol–water partition coefficient (Wildman–Crippen LogP) is 3.74. The third kappa shape index (κ3) is 5.48. The molecule has 1 atom stereocenters. The van der Waals surface area contributed by atoms with Gasteiger partial charge in [-0.1, -0.05) is 17.8 Å². The molecule has 2 aromatic heterocycles. The van der Waals surface area contributed by atoms with E-state index in [-0.39, 0.29) is 11.4 Å². The van der Waals surface area contributed by atoms with Crippen LogP contribution in [0.2, 0.25) is 0 Å². The molecule has 0 saturated heterocycles. The van der Waals surface area contributed by atoms with Gasteiger partial charge in [0.1, 0.15) is 0 Å². The van der Waals surface area contributed by atoms with Crippen molar-refractivity contribution in [2.24, 2.45) is 0 Å². The number of carbonyl (C=O) groups is 2. The van der Waals surface area contributed by atoms with Crippen molar-refractivity contribution in [3.05, 3.63) is 51.6 Å². The maximum absolute atomic E-state index is 13.4. The van der Waals surface area contributed by atoms with Crippen LogP contribution in [-0.2, 0) is 20.9 Å². The topological polar surface area (TPSA) is 129 Å². The number of halogens is 1. The van der Waals surface area contributed by atoms with Crippen molar-refractivity contribution in [3.8, 4) is 10.7 Å². The molecule has 0 fully saturated rings. The van der Waals surface area contributed by atoms with Crippen molar-refractivity contribution in [3.63, 3.8) is 0 Å². The summed E-state index contributed by atoms with van der Waals surface area (Å²) in [7, 11) is 0. The Morgan fingerprint density at radius 3 is 2.81 bits per heavy atom. The summed E-state index contributed by atoms with van der Waals surface area (Å²) >= 11 is 2.67. The molecule has 0 aliphatic rings. The molecular weight excluding hydrogens is 461 g/mol. The van der Waals surface area contributed by atoms with Crippen LogP contribution in [0.4, 0.5) is 15.8 Å². The van der Waals surface area contributed by atoms with Gasteiger partial charge in [0.05, 0.1) is 15.6 Å². The minimum Gasteiger partial charge on any atom is -0.452 e. The number of nitrogens with zero attached hydrogens (tertiary/aromatic N) is 4. The lowest BCUT2D eigenvalue weighted by atomic mass is 10.2. The minimum absolute atomic E-state index is 0.0116. The van der Waals surface area contributed by atoms with Crippen LogP contribution in [0.25, 0.3) is 10.7 Å². The number of nitro benzene ring substituents is 1. The van der Waals surface area contributed by atoms with Crippen molar-refractivity contribution in [2.75, 3.05) is 11.1 Å².